The van der Waals surface area contributed by atoms with Crippen molar-refractivity contribution >= 4 is 42.2 Å². The number of ether oxygens (including phenoxy) is 1. The van der Waals surface area contributed by atoms with Gasteiger partial charge in [-0.25, -0.2) is 0 Å². The lowest BCUT2D eigenvalue weighted by atomic mass is 9.98. The van der Waals surface area contributed by atoms with Gasteiger partial charge in [0, 0.05) is 62.4 Å². The van der Waals surface area contributed by atoms with E-state index in [1.165, 1.54) is 5.56 Å². The van der Waals surface area contributed by atoms with Crippen LogP contribution in [0.2, 0.25) is 5.02 Å². The number of rotatable bonds is 11. The van der Waals surface area contributed by atoms with Crippen molar-refractivity contribution in [3.05, 3.63) is 70.7 Å². The van der Waals surface area contributed by atoms with E-state index in [9.17, 15) is 4.79 Å². The predicted molar refractivity (Wildman–Crippen MR) is 147 cm³/mol. The molecule has 34 heavy (non-hydrogen) atoms. The quantitative estimate of drug-likeness (QED) is 0.314. The first-order valence-corrected chi connectivity index (χ1v) is 12.2. The summed E-state index contributed by atoms with van der Waals surface area (Å²) in [6.07, 6.45) is 1.18. The van der Waals surface area contributed by atoms with Crippen LogP contribution in [0.1, 0.15) is 49.2 Å². The zero-order valence-electron chi connectivity index (χ0n) is 20.5. The molecular weight excluding hydrogens is 491 g/mol. The van der Waals surface area contributed by atoms with Gasteiger partial charge in [-0.15, -0.1) is 24.8 Å². The average molecular weight is 530 g/mol. The van der Waals surface area contributed by atoms with Crippen LogP contribution in [0.4, 0.5) is 0 Å². The maximum Gasteiger partial charge on any atom is 0.166 e. The molecule has 1 aliphatic heterocycles. The Balaban J connectivity index is 0.00000289. The summed E-state index contributed by atoms with van der Waals surface area (Å²) >= 11 is 5.95. The number of ketones is 1. The second-order valence-corrected chi connectivity index (χ2v) is 9.76. The minimum Gasteiger partial charge on any atom is -0.372 e. The zero-order chi connectivity index (χ0) is 22.9. The van der Waals surface area contributed by atoms with E-state index in [1.807, 2.05) is 19.1 Å². The van der Waals surface area contributed by atoms with Gasteiger partial charge < -0.3 is 9.64 Å². The third kappa shape index (κ3) is 9.85. The minimum absolute atomic E-state index is 0. The Bertz CT molecular complexity index is 826. The van der Waals surface area contributed by atoms with Gasteiger partial charge in [-0.05, 0) is 42.2 Å². The molecule has 2 unspecified atom stereocenters. The standard InChI is InChI=1S/C27H37ClN2O2.2ClH/c1-21(2)13-18-32-26(23-7-5-4-6-8-23)20-30-16-14-29(15-17-30)19-22(3)27(31)24-9-11-25(28)12-10-24;;/h4-12,21-22,26H,13-20H2,1-3H3;2*1H. The summed E-state index contributed by atoms with van der Waals surface area (Å²) in [5.41, 5.74) is 1.99. The molecule has 0 saturated carbocycles. The van der Waals surface area contributed by atoms with Crippen LogP contribution in [-0.2, 0) is 4.74 Å². The third-order valence-corrected chi connectivity index (χ3v) is 6.43. The molecule has 0 spiro atoms. The van der Waals surface area contributed by atoms with E-state index in [0.717, 1.165) is 57.9 Å². The van der Waals surface area contributed by atoms with Crippen molar-refractivity contribution in [3.63, 3.8) is 0 Å². The van der Waals surface area contributed by atoms with Gasteiger partial charge in [-0.3, -0.25) is 9.69 Å². The van der Waals surface area contributed by atoms with Crippen molar-refractivity contribution in [2.75, 3.05) is 45.9 Å². The van der Waals surface area contributed by atoms with Crippen molar-refractivity contribution in [1.29, 1.82) is 0 Å². The maximum absolute atomic E-state index is 12.7. The van der Waals surface area contributed by atoms with Gasteiger partial charge in [0.05, 0.1) is 6.10 Å². The first-order valence-electron chi connectivity index (χ1n) is 11.8. The zero-order valence-corrected chi connectivity index (χ0v) is 22.9. The minimum atomic E-state index is -0.0286. The van der Waals surface area contributed by atoms with E-state index < -0.39 is 0 Å². The molecular formula is C27H39Cl3N2O2. The lowest BCUT2D eigenvalue weighted by molar-refractivity contribution is 0.00702. The molecule has 0 bridgehead atoms. The summed E-state index contributed by atoms with van der Waals surface area (Å²) in [7, 11) is 0. The highest BCUT2D eigenvalue weighted by Crippen LogP contribution is 2.21. The lowest BCUT2D eigenvalue weighted by Gasteiger charge is -2.37. The highest BCUT2D eigenvalue weighted by molar-refractivity contribution is 6.30. The molecule has 2 aromatic carbocycles. The fourth-order valence-electron chi connectivity index (χ4n) is 4.13. The summed E-state index contributed by atoms with van der Waals surface area (Å²) < 4.78 is 6.31. The number of nitrogens with zero attached hydrogens (tertiary/aromatic N) is 2. The highest BCUT2D eigenvalue weighted by Gasteiger charge is 2.24. The Labute approximate surface area is 222 Å². The van der Waals surface area contributed by atoms with Gasteiger partial charge in [0.25, 0.3) is 0 Å². The number of halogens is 3. The maximum atomic E-state index is 12.7. The number of hydrogen-bond donors (Lipinski definition) is 0. The van der Waals surface area contributed by atoms with Crippen molar-refractivity contribution in [2.45, 2.75) is 33.3 Å². The van der Waals surface area contributed by atoms with E-state index in [1.54, 1.807) is 12.1 Å². The predicted octanol–water partition coefficient (Wildman–Crippen LogP) is 6.42. The number of carbonyl (C=O) groups excluding carboxylic acids is 1. The van der Waals surface area contributed by atoms with Crippen LogP contribution < -0.4 is 0 Å². The van der Waals surface area contributed by atoms with Crippen LogP contribution in [0.15, 0.2) is 54.6 Å². The molecule has 0 aromatic heterocycles. The van der Waals surface area contributed by atoms with Gasteiger partial charge in [-0.2, -0.15) is 0 Å². The van der Waals surface area contributed by atoms with Crippen LogP contribution in [0, 0.1) is 11.8 Å². The van der Waals surface area contributed by atoms with Gasteiger partial charge in [0.15, 0.2) is 5.78 Å². The fourth-order valence-corrected chi connectivity index (χ4v) is 4.25. The molecule has 0 N–H and O–H groups in total. The molecule has 1 saturated heterocycles. The normalized spacial score (nSPS) is 16.4. The fraction of sp³-hybridized carbons (Fsp3) is 0.519. The first kappa shape index (κ1) is 30.9. The summed E-state index contributed by atoms with van der Waals surface area (Å²) in [5.74, 6) is 0.804. The smallest absolute Gasteiger partial charge is 0.166 e. The van der Waals surface area contributed by atoms with Gasteiger partial charge in [-0.1, -0.05) is 62.7 Å². The molecule has 1 fully saturated rings. The molecule has 3 rings (SSSR count). The van der Waals surface area contributed by atoms with Gasteiger partial charge in [0.1, 0.15) is 0 Å². The second kappa shape index (κ2) is 15.8. The Morgan fingerprint density at radius 3 is 2.00 bits per heavy atom. The van der Waals surface area contributed by atoms with Crippen LogP contribution in [0.3, 0.4) is 0 Å². The summed E-state index contributed by atoms with van der Waals surface area (Å²) in [5, 5.41) is 0.660. The summed E-state index contributed by atoms with van der Waals surface area (Å²) in [6.45, 7) is 12.9. The van der Waals surface area contributed by atoms with Gasteiger partial charge in [0.2, 0.25) is 0 Å². The van der Waals surface area contributed by atoms with E-state index >= 15 is 0 Å². The highest BCUT2D eigenvalue weighted by atomic mass is 35.5. The summed E-state index contributed by atoms with van der Waals surface area (Å²) in [6, 6.07) is 17.8. The molecule has 7 heteroatoms. The number of Topliss-reactive ketones (excluding diaryl/α,β-unsaturated/α-hetero) is 1. The topological polar surface area (TPSA) is 32.8 Å². The molecule has 1 aliphatic rings. The van der Waals surface area contributed by atoms with E-state index in [4.69, 9.17) is 16.3 Å². The monoisotopic (exact) mass is 528 g/mol. The first-order chi connectivity index (χ1) is 15.4. The Kier molecular flexibility index (Phi) is 14.3. The molecule has 0 aliphatic carbocycles. The average Bonchev–Trinajstić information content (AvgIpc) is 2.80. The SMILES string of the molecule is CC(C)CCOC(CN1CCN(CC(C)C(=O)c2ccc(Cl)cc2)CC1)c1ccccc1.Cl.Cl. The Morgan fingerprint density at radius 2 is 1.44 bits per heavy atom. The van der Waals surface area contributed by atoms with Gasteiger partial charge >= 0.3 is 0 Å². The largest absolute Gasteiger partial charge is 0.372 e. The van der Waals surface area contributed by atoms with Crippen molar-refractivity contribution in [2.24, 2.45) is 11.8 Å². The van der Waals surface area contributed by atoms with E-state index in [-0.39, 0.29) is 42.6 Å². The van der Waals surface area contributed by atoms with Crippen molar-refractivity contribution < 1.29 is 9.53 Å². The van der Waals surface area contributed by atoms with Crippen molar-refractivity contribution in [3.8, 4) is 0 Å². The number of piperazine rings is 1. The number of benzene rings is 2. The van der Waals surface area contributed by atoms with Crippen LogP contribution in [0.25, 0.3) is 0 Å². The molecule has 0 radical (unpaired) electrons. The molecule has 2 aromatic rings. The number of hydrogen-bond acceptors (Lipinski definition) is 4. The molecule has 190 valence electrons. The van der Waals surface area contributed by atoms with Crippen LogP contribution in [0.5, 0.6) is 0 Å². The summed E-state index contributed by atoms with van der Waals surface area (Å²) in [4.78, 5) is 17.7. The van der Waals surface area contributed by atoms with E-state index in [2.05, 4.69) is 54.0 Å². The molecule has 0 amide bonds. The Hall–Kier alpha value is -1.14. The van der Waals surface area contributed by atoms with Crippen molar-refractivity contribution in [1.82, 2.24) is 9.80 Å². The van der Waals surface area contributed by atoms with Crippen LogP contribution >= 0.6 is 36.4 Å². The van der Waals surface area contributed by atoms with E-state index in [0.29, 0.717) is 10.9 Å². The molecule has 2 atom stereocenters. The number of carbonyl (C=O) groups is 1. The Morgan fingerprint density at radius 1 is 0.882 bits per heavy atom. The lowest BCUT2D eigenvalue weighted by Crippen LogP contribution is -2.49. The third-order valence-electron chi connectivity index (χ3n) is 6.18. The second-order valence-electron chi connectivity index (χ2n) is 9.33. The molecule has 1 heterocycles. The molecule has 4 nitrogen and oxygen atoms in total. The van der Waals surface area contributed by atoms with Crippen LogP contribution in [-0.4, -0.2) is 61.5 Å².